The molecule has 240 valence electrons. The van der Waals surface area contributed by atoms with Gasteiger partial charge in [-0.3, -0.25) is 0 Å². The summed E-state index contributed by atoms with van der Waals surface area (Å²) in [5, 5.41) is 8.33. The third kappa shape index (κ3) is 13.2. The molecule has 0 radical (unpaired) electrons. The summed E-state index contributed by atoms with van der Waals surface area (Å²) in [6.45, 7) is 29.8. The van der Waals surface area contributed by atoms with Gasteiger partial charge >= 0.3 is 23.9 Å². The predicted octanol–water partition coefficient (Wildman–Crippen LogP) is 6.06. The van der Waals surface area contributed by atoms with E-state index in [1.54, 1.807) is 27.7 Å². The molecular formula is C33H54O9. The fourth-order valence-electron chi connectivity index (χ4n) is 4.44. The standard InChI is InChI=1S/C14H22O2.C8H14O2.C6H10O3.C5H8O2/c1-9(2)12(15)16-11-8-10-6-7-14(11,5)13(10,3)4;1-4-5-6-10-8(9)7(2)3;1-3-9-6(8)5(2)4-7;1-4(2)5(6)7-3/h10-11H,1,6-8H2,2-5H3;2,4-6H2,1,3H3;7H,2-4H2,1H3;1H2,2-3H3. The number of carbonyl (C=O) groups excluding carboxylic acids is 4. The highest BCUT2D eigenvalue weighted by molar-refractivity contribution is 5.88. The first-order chi connectivity index (χ1) is 19.4. The van der Waals surface area contributed by atoms with Crippen molar-refractivity contribution in [2.45, 2.75) is 93.6 Å². The van der Waals surface area contributed by atoms with Crippen LogP contribution in [0.3, 0.4) is 0 Å². The largest absolute Gasteiger partial charge is 0.466 e. The van der Waals surface area contributed by atoms with Gasteiger partial charge in [0.05, 0.1) is 32.5 Å². The summed E-state index contributed by atoms with van der Waals surface area (Å²) >= 11 is 0. The van der Waals surface area contributed by atoms with E-state index in [1.165, 1.54) is 20.0 Å². The van der Waals surface area contributed by atoms with Crippen molar-refractivity contribution in [3.05, 3.63) is 48.6 Å². The maximum atomic E-state index is 11.6. The third-order valence-electron chi connectivity index (χ3n) is 7.68. The van der Waals surface area contributed by atoms with Gasteiger partial charge in [0.1, 0.15) is 6.10 Å². The van der Waals surface area contributed by atoms with Gasteiger partial charge in [0, 0.05) is 22.1 Å². The summed E-state index contributed by atoms with van der Waals surface area (Å²) in [6.07, 6.45) is 5.56. The van der Waals surface area contributed by atoms with Crippen LogP contribution in [0.25, 0.3) is 0 Å². The number of rotatable bonds is 10. The first-order valence-electron chi connectivity index (χ1n) is 14.3. The van der Waals surface area contributed by atoms with E-state index >= 15 is 0 Å². The zero-order valence-electron chi connectivity index (χ0n) is 27.4. The molecule has 2 aliphatic rings. The summed E-state index contributed by atoms with van der Waals surface area (Å²) in [5.74, 6) is -0.677. The second-order valence-corrected chi connectivity index (χ2v) is 11.3. The maximum absolute atomic E-state index is 11.6. The van der Waals surface area contributed by atoms with Crippen molar-refractivity contribution in [3.8, 4) is 0 Å². The minimum Gasteiger partial charge on any atom is -0.466 e. The van der Waals surface area contributed by atoms with Crippen LogP contribution in [0.4, 0.5) is 0 Å². The van der Waals surface area contributed by atoms with Gasteiger partial charge in [0.15, 0.2) is 0 Å². The van der Waals surface area contributed by atoms with Crippen LogP contribution >= 0.6 is 0 Å². The van der Waals surface area contributed by atoms with Crippen molar-refractivity contribution in [1.29, 1.82) is 0 Å². The normalized spacial score (nSPS) is 20.4. The lowest BCUT2D eigenvalue weighted by atomic mass is 9.70. The van der Waals surface area contributed by atoms with E-state index < -0.39 is 5.97 Å². The van der Waals surface area contributed by atoms with E-state index in [0.717, 1.165) is 19.3 Å². The predicted molar refractivity (Wildman–Crippen MR) is 164 cm³/mol. The summed E-state index contributed by atoms with van der Waals surface area (Å²) in [6, 6.07) is 0. The molecule has 0 aromatic carbocycles. The molecule has 0 aromatic heterocycles. The van der Waals surface area contributed by atoms with Crippen LogP contribution in [0.2, 0.25) is 0 Å². The van der Waals surface area contributed by atoms with Gasteiger partial charge in [0.2, 0.25) is 0 Å². The monoisotopic (exact) mass is 594 g/mol. The maximum Gasteiger partial charge on any atom is 0.335 e. The average Bonchev–Trinajstić information content (AvgIpc) is 3.26. The van der Waals surface area contributed by atoms with Crippen LogP contribution in [-0.2, 0) is 38.1 Å². The third-order valence-corrected chi connectivity index (χ3v) is 7.68. The van der Waals surface area contributed by atoms with Gasteiger partial charge in [-0.25, -0.2) is 19.2 Å². The van der Waals surface area contributed by atoms with Crippen LogP contribution < -0.4 is 0 Å². The number of methoxy groups -OCH3 is 1. The van der Waals surface area contributed by atoms with E-state index in [4.69, 9.17) is 14.6 Å². The van der Waals surface area contributed by atoms with E-state index in [0.29, 0.717) is 41.3 Å². The van der Waals surface area contributed by atoms with E-state index in [1.807, 2.05) is 0 Å². The Morgan fingerprint density at radius 1 is 0.833 bits per heavy atom. The highest BCUT2D eigenvalue weighted by Gasteiger charge is 2.62. The molecular weight excluding hydrogens is 540 g/mol. The number of ether oxygens (including phenoxy) is 4. The van der Waals surface area contributed by atoms with Gasteiger partial charge in [-0.1, -0.05) is 60.4 Å². The molecule has 0 heterocycles. The fourth-order valence-corrected chi connectivity index (χ4v) is 4.44. The molecule has 0 amide bonds. The molecule has 0 aromatic rings. The molecule has 2 bridgehead atoms. The number of hydrogen-bond donors (Lipinski definition) is 1. The highest BCUT2D eigenvalue weighted by atomic mass is 16.5. The molecule has 0 saturated heterocycles. The minimum atomic E-state index is -0.528. The molecule has 3 atom stereocenters. The summed E-state index contributed by atoms with van der Waals surface area (Å²) in [7, 11) is 1.33. The van der Waals surface area contributed by atoms with Gasteiger partial charge in [-0.05, 0) is 64.7 Å². The van der Waals surface area contributed by atoms with Gasteiger partial charge in [-0.2, -0.15) is 0 Å². The van der Waals surface area contributed by atoms with Crippen LogP contribution in [-0.4, -0.2) is 62.0 Å². The Labute approximate surface area is 253 Å². The zero-order chi connectivity index (χ0) is 33.3. The molecule has 1 N–H and O–H groups in total. The van der Waals surface area contributed by atoms with Crippen molar-refractivity contribution in [3.63, 3.8) is 0 Å². The molecule has 42 heavy (non-hydrogen) atoms. The molecule has 0 spiro atoms. The quantitative estimate of drug-likeness (QED) is 0.139. The van der Waals surface area contributed by atoms with E-state index in [2.05, 4.69) is 63.5 Å². The van der Waals surface area contributed by atoms with Crippen molar-refractivity contribution < 1.29 is 43.2 Å². The Morgan fingerprint density at radius 3 is 1.67 bits per heavy atom. The topological polar surface area (TPSA) is 125 Å². The van der Waals surface area contributed by atoms with Gasteiger partial charge < -0.3 is 24.1 Å². The van der Waals surface area contributed by atoms with Crippen molar-refractivity contribution >= 4 is 23.9 Å². The SMILES string of the molecule is C=C(C)C(=O)OC.C=C(C)C(=O)OC1CC2CCC1(C)C2(C)C.C=C(C)C(=O)OCCCC.C=C(CO)C(=O)OCC. The Bertz CT molecular complexity index is 976. The zero-order valence-corrected chi connectivity index (χ0v) is 27.4. The van der Waals surface area contributed by atoms with Crippen LogP contribution in [0, 0.1) is 16.7 Å². The number of esters is 4. The summed E-state index contributed by atoms with van der Waals surface area (Å²) < 4.78 is 19.2. The smallest absolute Gasteiger partial charge is 0.335 e. The average molecular weight is 595 g/mol. The van der Waals surface area contributed by atoms with Crippen molar-refractivity contribution in [2.75, 3.05) is 26.9 Å². The Balaban J connectivity index is 0. The summed E-state index contributed by atoms with van der Waals surface area (Å²) in [4.78, 5) is 43.0. The highest BCUT2D eigenvalue weighted by Crippen LogP contribution is 2.66. The molecule has 9 heteroatoms. The number of fused-ring (bicyclic) bond motifs is 2. The first-order valence-corrected chi connectivity index (χ1v) is 14.3. The number of aliphatic hydroxyl groups is 1. The van der Waals surface area contributed by atoms with Crippen molar-refractivity contribution in [2.24, 2.45) is 16.7 Å². The molecule has 3 unspecified atom stereocenters. The molecule has 0 aliphatic heterocycles. The fraction of sp³-hybridized carbons (Fsp3) is 0.636. The Morgan fingerprint density at radius 2 is 1.36 bits per heavy atom. The number of carbonyl (C=O) groups is 4. The number of aliphatic hydroxyl groups excluding tert-OH is 1. The molecule has 2 rings (SSSR count). The Kier molecular flexibility index (Phi) is 19.3. The second kappa shape index (κ2) is 19.8. The molecule has 2 fully saturated rings. The molecule has 2 aliphatic carbocycles. The first kappa shape index (κ1) is 40.9. The lowest BCUT2D eigenvalue weighted by Gasteiger charge is -2.38. The number of unbranched alkanes of at least 4 members (excludes halogenated alkanes) is 1. The van der Waals surface area contributed by atoms with Crippen LogP contribution in [0.1, 0.15) is 87.5 Å². The minimum absolute atomic E-state index is 0.0884. The van der Waals surface area contributed by atoms with Crippen LogP contribution in [0.15, 0.2) is 48.6 Å². The lowest BCUT2D eigenvalue weighted by molar-refractivity contribution is -0.152. The van der Waals surface area contributed by atoms with E-state index in [9.17, 15) is 19.2 Å². The van der Waals surface area contributed by atoms with E-state index in [-0.39, 0.29) is 41.6 Å². The molecule has 9 nitrogen and oxygen atoms in total. The van der Waals surface area contributed by atoms with Gasteiger partial charge in [0.25, 0.3) is 0 Å². The lowest BCUT2D eigenvalue weighted by Crippen LogP contribution is -2.38. The van der Waals surface area contributed by atoms with Crippen molar-refractivity contribution in [1.82, 2.24) is 0 Å². The second-order valence-electron chi connectivity index (χ2n) is 11.3. The Hall–Kier alpha value is -3.20. The summed E-state index contributed by atoms with van der Waals surface area (Å²) in [5.41, 5.74) is 1.95. The van der Waals surface area contributed by atoms with Crippen LogP contribution in [0.5, 0.6) is 0 Å². The number of hydrogen-bond acceptors (Lipinski definition) is 9. The molecule has 2 saturated carbocycles. The van der Waals surface area contributed by atoms with Gasteiger partial charge in [-0.15, -0.1) is 0 Å².